The predicted molar refractivity (Wildman–Crippen MR) is 169 cm³/mol. The van der Waals surface area contributed by atoms with Gasteiger partial charge in [-0.3, -0.25) is 23.7 Å². The molecule has 44 heavy (non-hydrogen) atoms. The third kappa shape index (κ3) is 5.46. The Morgan fingerprint density at radius 3 is 2.30 bits per heavy atom. The van der Waals surface area contributed by atoms with Gasteiger partial charge in [-0.15, -0.1) is 0 Å². The van der Waals surface area contributed by atoms with E-state index in [1.165, 1.54) is 33.7 Å². The van der Waals surface area contributed by atoms with Gasteiger partial charge < -0.3 is 15.2 Å². The number of thiazole rings is 1. The third-order valence-electron chi connectivity index (χ3n) is 7.37. The van der Waals surface area contributed by atoms with E-state index in [4.69, 9.17) is 4.74 Å². The molecule has 10 nitrogen and oxygen atoms in total. The van der Waals surface area contributed by atoms with Crippen molar-refractivity contribution in [2.45, 2.75) is 29.7 Å². The van der Waals surface area contributed by atoms with E-state index in [0.29, 0.717) is 32.4 Å². The van der Waals surface area contributed by atoms with E-state index >= 15 is 0 Å². The van der Waals surface area contributed by atoms with E-state index in [-0.39, 0.29) is 24.8 Å². The van der Waals surface area contributed by atoms with Crippen LogP contribution in [0.5, 0.6) is 5.75 Å². The lowest BCUT2D eigenvalue weighted by Gasteiger charge is -2.30. The predicted octanol–water partition coefficient (Wildman–Crippen LogP) is 4.99. The first-order chi connectivity index (χ1) is 21.2. The molecule has 4 aromatic rings. The number of nitrogens with one attached hydrogen (secondary N) is 1. The number of aromatic nitrogens is 1. The first-order valence-corrected chi connectivity index (χ1v) is 16.0. The van der Waals surface area contributed by atoms with Crippen LogP contribution in [0, 0.1) is 5.92 Å². The second-order valence-corrected chi connectivity index (χ2v) is 13.1. The fraction of sp³-hybridized carbons (Fsp3) is 0.194. The van der Waals surface area contributed by atoms with Crippen molar-refractivity contribution in [3.8, 4) is 5.75 Å². The summed E-state index contributed by atoms with van der Waals surface area (Å²) in [6.45, 7) is 1.63. The number of hydrogen-bond acceptors (Lipinski definition) is 9. The first kappa shape index (κ1) is 29.9. The number of phenolic OH excluding ortho intramolecular Hbond substituents is 1. The van der Waals surface area contributed by atoms with E-state index in [9.17, 15) is 29.1 Å². The van der Waals surface area contributed by atoms with Gasteiger partial charge in [0.25, 0.3) is 0 Å². The van der Waals surface area contributed by atoms with Gasteiger partial charge in [0.2, 0.25) is 17.7 Å². The molecule has 3 heterocycles. The Balaban J connectivity index is 1.33. The monoisotopic (exact) mass is 693 g/mol. The lowest BCUT2D eigenvalue weighted by molar-refractivity contribution is -0.122. The van der Waals surface area contributed by atoms with Crippen molar-refractivity contribution >= 4 is 74.1 Å². The van der Waals surface area contributed by atoms with Gasteiger partial charge in [-0.1, -0.05) is 51.2 Å². The van der Waals surface area contributed by atoms with Crippen molar-refractivity contribution in [3.63, 3.8) is 0 Å². The molecule has 13 heteroatoms. The Labute approximate surface area is 267 Å². The van der Waals surface area contributed by atoms with Crippen molar-refractivity contribution < 1.29 is 29.0 Å². The topological polar surface area (TPSA) is 135 Å². The highest BCUT2D eigenvalue weighted by atomic mass is 79.9. The maximum Gasteiger partial charge on any atom is 0.338 e. The Hall–Kier alpha value is -4.20. The third-order valence-corrected chi connectivity index (χ3v) is 10.5. The molecule has 1 fully saturated rings. The van der Waals surface area contributed by atoms with Crippen LogP contribution in [-0.4, -0.2) is 45.2 Å². The summed E-state index contributed by atoms with van der Waals surface area (Å²) in [6, 6.07) is 19.4. The number of nitrogens with zero attached hydrogens (tertiary/aromatic N) is 2. The fourth-order valence-corrected chi connectivity index (χ4v) is 8.43. The molecule has 2 N–H and O–H groups in total. The molecule has 6 rings (SSSR count). The van der Waals surface area contributed by atoms with Gasteiger partial charge in [-0.05, 0) is 73.2 Å². The Morgan fingerprint density at radius 1 is 0.955 bits per heavy atom. The number of benzene rings is 3. The quantitative estimate of drug-likeness (QED) is 0.204. The minimum atomic E-state index is -0.837. The van der Waals surface area contributed by atoms with Crippen LogP contribution in [0.3, 0.4) is 0 Å². The highest BCUT2D eigenvalue weighted by Crippen LogP contribution is 2.54. The number of imide groups is 1. The molecular weight excluding hydrogens is 670 g/mol. The van der Waals surface area contributed by atoms with E-state index < -0.39 is 39.7 Å². The summed E-state index contributed by atoms with van der Waals surface area (Å²) >= 11 is 5.44. The Kier molecular flexibility index (Phi) is 8.18. The van der Waals surface area contributed by atoms with Crippen molar-refractivity contribution in [1.29, 1.82) is 0 Å². The molecule has 224 valence electrons. The zero-order chi connectivity index (χ0) is 31.1. The van der Waals surface area contributed by atoms with Crippen LogP contribution in [0.4, 0.5) is 11.4 Å². The summed E-state index contributed by atoms with van der Waals surface area (Å²) in [7, 11) is 0. The number of rotatable bonds is 7. The highest BCUT2D eigenvalue weighted by Gasteiger charge is 2.56. The molecular formula is C31H24BrN3O7S2. The molecule has 1 aromatic heterocycles. The zero-order valence-electron chi connectivity index (χ0n) is 23.1. The number of anilines is 2. The number of thioether (sulfide) groups is 1. The fourth-order valence-electron chi connectivity index (χ4n) is 5.39. The summed E-state index contributed by atoms with van der Waals surface area (Å²) in [6.07, 6.45) is 0. The maximum atomic E-state index is 13.9. The second kappa shape index (κ2) is 12.1. The molecule has 3 atom stereocenters. The van der Waals surface area contributed by atoms with Gasteiger partial charge in [-0.2, -0.15) is 0 Å². The lowest BCUT2D eigenvalue weighted by Crippen LogP contribution is -2.33. The number of esters is 1. The summed E-state index contributed by atoms with van der Waals surface area (Å²) in [5.74, 6) is -3.14. The normalized spacial score (nSPS) is 19.0. The molecule has 2 aliphatic heterocycles. The first-order valence-electron chi connectivity index (χ1n) is 13.6. The van der Waals surface area contributed by atoms with Crippen molar-refractivity contribution in [2.24, 2.45) is 5.92 Å². The van der Waals surface area contributed by atoms with Gasteiger partial charge >= 0.3 is 10.8 Å². The smallest absolute Gasteiger partial charge is 0.338 e. The summed E-state index contributed by atoms with van der Waals surface area (Å²) in [5.41, 5.74) is 1.87. The van der Waals surface area contributed by atoms with Gasteiger partial charge in [-0.25, -0.2) is 9.69 Å². The van der Waals surface area contributed by atoms with Gasteiger partial charge in [0.05, 0.1) is 28.8 Å². The molecule has 3 aromatic carbocycles. The average molecular weight is 695 g/mol. The molecule has 0 bridgehead atoms. The molecule has 0 spiro atoms. The highest BCUT2D eigenvalue weighted by molar-refractivity contribution is 9.10. The maximum absolute atomic E-state index is 13.9. The van der Waals surface area contributed by atoms with Crippen LogP contribution < -0.4 is 15.1 Å². The minimum Gasteiger partial charge on any atom is -0.508 e. The summed E-state index contributed by atoms with van der Waals surface area (Å²) < 4.78 is 7.11. The zero-order valence-corrected chi connectivity index (χ0v) is 26.3. The number of hydrogen-bond donors (Lipinski definition) is 2. The second-order valence-electron chi connectivity index (χ2n) is 10.1. The molecule has 2 aliphatic rings. The Morgan fingerprint density at radius 2 is 1.64 bits per heavy atom. The number of carbonyl (C=O) groups is 4. The summed E-state index contributed by atoms with van der Waals surface area (Å²) in [4.78, 5) is 67.5. The molecule has 0 radical (unpaired) electrons. The number of halogens is 1. The van der Waals surface area contributed by atoms with E-state index in [1.54, 1.807) is 55.5 Å². The van der Waals surface area contributed by atoms with Crippen LogP contribution in [0.2, 0.25) is 0 Å². The average Bonchev–Trinajstić information content (AvgIpc) is 3.45. The molecule has 3 amide bonds. The van der Waals surface area contributed by atoms with Crippen molar-refractivity contribution in [3.05, 3.63) is 103 Å². The van der Waals surface area contributed by atoms with Crippen LogP contribution in [0.25, 0.3) is 0 Å². The number of amides is 3. The standard InChI is InChI=1S/C31H24BrN3O7S2/c1-2-42-30(40)17-3-9-19(10-4-17)33-22(37)15-34-29-26(44-31(34)41)23(16-5-13-21(36)14-6-16)24-25(43-29)28(39)35(27(24)38)20-11-7-18(32)8-12-20/h3-14,23-25,36H,2,15H2,1H3,(H,33,37)/t23-,24+,25-/m0/s1. The van der Waals surface area contributed by atoms with Gasteiger partial charge in [0.15, 0.2) is 0 Å². The van der Waals surface area contributed by atoms with Gasteiger partial charge in [0, 0.05) is 21.0 Å². The number of fused-ring (bicyclic) bond motifs is 2. The SMILES string of the molecule is CCOC(=O)c1ccc(NC(=O)Cn2c3c(sc2=O)[C@@H](c2ccc(O)cc2)[C@H]2C(=O)N(c4ccc(Br)cc4)C(=O)[C@H]2S3)cc1. The molecule has 0 unspecified atom stereocenters. The van der Waals surface area contributed by atoms with Crippen LogP contribution in [0.15, 0.2) is 87.1 Å². The lowest BCUT2D eigenvalue weighted by atomic mass is 9.83. The van der Waals surface area contributed by atoms with Crippen molar-refractivity contribution in [2.75, 3.05) is 16.8 Å². The molecule has 0 aliphatic carbocycles. The van der Waals surface area contributed by atoms with Crippen molar-refractivity contribution in [1.82, 2.24) is 4.57 Å². The van der Waals surface area contributed by atoms with Crippen LogP contribution in [0.1, 0.15) is 33.6 Å². The number of aromatic hydroxyl groups is 1. The number of ether oxygens (including phenoxy) is 1. The number of phenols is 1. The minimum absolute atomic E-state index is 0.0405. The van der Waals surface area contributed by atoms with E-state index in [1.807, 2.05) is 0 Å². The molecule has 0 saturated carbocycles. The van der Waals surface area contributed by atoms with Gasteiger partial charge in [0.1, 0.15) is 17.5 Å². The number of carbonyl (C=O) groups excluding carboxylic acids is 4. The van der Waals surface area contributed by atoms with E-state index in [0.717, 1.165) is 27.6 Å². The summed E-state index contributed by atoms with van der Waals surface area (Å²) in [5, 5.41) is 12.3. The largest absolute Gasteiger partial charge is 0.508 e. The molecule has 1 saturated heterocycles. The van der Waals surface area contributed by atoms with Crippen LogP contribution >= 0.6 is 39.0 Å². The van der Waals surface area contributed by atoms with E-state index in [2.05, 4.69) is 21.2 Å². The Bertz CT molecular complexity index is 1840. The van der Waals surface area contributed by atoms with Crippen LogP contribution in [-0.2, 0) is 25.7 Å².